The number of hydrogen-bond donors (Lipinski definition) is 1. The Kier molecular flexibility index (Phi) is 4.25. The number of fused-ring (bicyclic) bond motifs is 1. The maximum atomic E-state index is 12.5. The monoisotopic (exact) mass is 383 g/mol. The fourth-order valence-corrected chi connectivity index (χ4v) is 2.81. The fourth-order valence-electron chi connectivity index (χ4n) is 2.70. The molecule has 9 heteroatoms. The number of rotatable bonds is 4. The molecular weight excluding hydrogens is 370 g/mol. The highest BCUT2D eigenvalue weighted by Crippen LogP contribution is 2.24. The summed E-state index contributed by atoms with van der Waals surface area (Å²) < 4.78 is 8.71. The average Bonchev–Trinajstić information content (AvgIpc) is 3.01. The van der Waals surface area contributed by atoms with Crippen molar-refractivity contribution in [3.8, 4) is 11.8 Å². The number of halogens is 1. The SMILES string of the molecule is Cn1c(=O)[nH]c(=O)c2c1nc(Oc1ccccc1)n2Cc1ccc(Cl)cn1. The number of aromatic nitrogens is 5. The Labute approximate surface area is 157 Å². The second-order valence-electron chi connectivity index (χ2n) is 5.85. The number of H-pyrrole nitrogens is 1. The molecule has 1 N–H and O–H groups in total. The number of benzene rings is 1. The minimum Gasteiger partial charge on any atom is -0.425 e. The molecule has 0 bridgehead atoms. The molecule has 0 aliphatic carbocycles. The van der Waals surface area contributed by atoms with Crippen LogP contribution in [-0.2, 0) is 13.6 Å². The fraction of sp³-hybridized carbons (Fsp3) is 0.111. The van der Waals surface area contributed by atoms with Crippen molar-refractivity contribution in [3.63, 3.8) is 0 Å². The smallest absolute Gasteiger partial charge is 0.329 e. The maximum absolute atomic E-state index is 12.5. The minimum atomic E-state index is -0.548. The third-order valence-corrected chi connectivity index (χ3v) is 4.26. The van der Waals surface area contributed by atoms with Gasteiger partial charge in [0, 0.05) is 13.2 Å². The first-order valence-electron chi connectivity index (χ1n) is 8.06. The Morgan fingerprint density at radius 2 is 1.93 bits per heavy atom. The zero-order chi connectivity index (χ0) is 19.0. The lowest BCUT2D eigenvalue weighted by Crippen LogP contribution is -2.29. The van der Waals surface area contributed by atoms with Crippen molar-refractivity contribution in [2.75, 3.05) is 0 Å². The summed E-state index contributed by atoms with van der Waals surface area (Å²) in [7, 11) is 1.53. The highest BCUT2D eigenvalue weighted by molar-refractivity contribution is 6.30. The molecule has 0 saturated carbocycles. The van der Waals surface area contributed by atoms with Crippen LogP contribution in [-0.4, -0.2) is 24.1 Å². The molecule has 3 aromatic heterocycles. The van der Waals surface area contributed by atoms with Crippen LogP contribution in [0.2, 0.25) is 5.02 Å². The van der Waals surface area contributed by atoms with Gasteiger partial charge in [-0.3, -0.25) is 23.9 Å². The summed E-state index contributed by atoms with van der Waals surface area (Å²) in [4.78, 5) is 35.3. The van der Waals surface area contributed by atoms with Crippen molar-refractivity contribution in [1.29, 1.82) is 0 Å². The van der Waals surface area contributed by atoms with E-state index in [2.05, 4.69) is 15.0 Å². The summed E-state index contributed by atoms with van der Waals surface area (Å²) in [6, 6.07) is 12.7. The molecule has 0 atom stereocenters. The van der Waals surface area contributed by atoms with Gasteiger partial charge < -0.3 is 4.74 Å². The van der Waals surface area contributed by atoms with E-state index in [0.717, 1.165) is 0 Å². The Morgan fingerprint density at radius 1 is 1.15 bits per heavy atom. The molecule has 0 fully saturated rings. The van der Waals surface area contributed by atoms with Crippen LogP contribution in [0.1, 0.15) is 5.69 Å². The van der Waals surface area contributed by atoms with Crippen molar-refractivity contribution in [2.24, 2.45) is 7.05 Å². The molecule has 8 nitrogen and oxygen atoms in total. The normalized spacial score (nSPS) is 11.0. The lowest BCUT2D eigenvalue weighted by molar-refractivity contribution is 0.420. The molecule has 1 aromatic carbocycles. The standard InChI is InChI=1S/C18H14ClN5O3/c1-23-15-14(16(25)22-17(23)26)24(10-12-8-7-11(19)9-20-12)18(21-15)27-13-5-3-2-4-6-13/h2-9H,10H2,1H3,(H,22,25,26). The molecule has 0 saturated heterocycles. The number of nitrogens with one attached hydrogen (secondary N) is 1. The van der Waals surface area contributed by atoms with Crippen LogP contribution in [0.4, 0.5) is 0 Å². The lowest BCUT2D eigenvalue weighted by atomic mass is 10.3. The van der Waals surface area contributed by atoms with Crippen LogP contribution in [0.5, 0.6) is 11.8 Å². The van der Waals surface area contributed by atoms with Crippen molar-refractivity contribution in [1.82, 2.24) is 24.1 Å². The van der Waals surface area contributed by atoms with E-state index < -0.39 is 11.2 Å². The summed E-state index contributed by atoms with van der Waals surface area (Å²) in [5.74, 6) is 0.555. The zero-order valence-corrected chi connectivity index (χ0v) is 15.0. The molecule has 0 unspecified atom stereocenters. The molecule has 27 heavy (non-hydrogen) atoms. The number of para-hydroxylation sites is 1. The van der Waals surface area contributed by atoms with Gasteiger partial charge in [-0.25, -0.2) is 4.79 Å². The van der Waals surface area contributed by atoms with Crippen LogP contribution >= 0.6 is 11.6 Å². The Hall–Kier alpha value is -3.39. The Morgan fingerprint density at radius 3 is 2.63 bits per heavy atom. The predicted molar refractivity (Wildman–Crippen MR) is 100 cm³/mol. The van der Waals surface area contributed by atoms with Gasteiger partial charge in [0.05, 0.1) is 17.3 Å². The second kappa shape index (κ2) is 6.73. The summed E-state index contributed by atoms with van der Waals surface area (Å²) in [6.07, 6.45) is 1.52. The first-order valence-corrected chi connectivity index (χ1v) is 8.43. The summed E-state index contributed by atoms with van der Waals surface area (Å²) in [6.45, 7) is 0.219. The van der Waals surface area contributed by atoms with E-state index in [-0.39, 0.29) is 23.7 Å². The number of hydrogen-bond acceptors (Lipinski definition) is 5. The number of pyridine rings is 1. The Bertz CT molecular complexity index is 1230. The van der Waals surface area contributed by atoms with Gasteiger partial charge in [-0.05, 0) is 24.3 Å². The van der Waals surface area contributed by atoms with E-state index in [9.17, 15) is 9.59 Å². The van der Waals surface area contributed by atoms with E-state index in [1.165, 1.54) is 17.8 Å². The highest BCUT2D eigenvalue weighted by atomic mass is 35.5. The van der Waals surface area contributed by atoms with E-state index in [4.69, 9.17) is 16.3 Å². The number of ether oxygens (including phenoxy) is 1. The van der Waals surface area contributed by atoms with Gasteiger partial charge in [0.25, 0.3) is 5.56 Å². The topological polar surface area (TPSA) is 94.8 Å². The van der Waals surface area contributed by atoms with Gasteiger partial charge in [0.15, 0.2) is 11.2 Å². The Balaban J connectivity index is 1.91. The van der Waals surface area contributed by atoms with Crippen LogP contribution in [0.15, 0.2) is 58.3 Å². The van der Waals surface area contributed by atoms with Gasteiger partial charge in [0.1, 0.15) is 5.75 Å². The van der Waals surface area contributed by atoms with Gasteiger partial charge in [0.2, 0.25) is 0 Å². The summed E-state index contributed by atoms with van der Waals surface area (Å²) in [5, 5.41) is 0.509. The molecule has 0 aliphatic heterocycles. The van der Waals surface area contributed by atoms with Crippen molar-refractivity contribution in [3.05, 3.63) is 80.2 Å². The van der Waals surface area contributed by atoms with Crippen molar-refractivity contribution < 1.29 is 4.74 Å². The zero-order valence-electron chi connectivity index (χ0n) is 14.2. The average molecular weight is 384 g/mol. The maximum Gasteiger partial charge on any atom is 0.329 e. The van der Waals surface area contributed by atoms with Gasteiger partial charge in [-0.2, -0.15) is 4.98 Å². The van der Waals surface area contributed by atoms with E-state index in [1.54, 1.807) is 28.8 Å². The quantitative estimate of drug-likeness (QED) is 0.583. The van der Waals surface area contributed by atoms with Crippen LogP contribution < -0.4 is 16.0 Å². The third-order valence-electron chi connectivity index (χ3n) is 4.03. The molecule has 3 heterocycles. The first-order chi connectivity index (χ1) is 13.0. The first kappa shape index (κ1) is 17.0. The highest BCUT2D eigenvalue weighted by Gasteiger charge is 2.19. The molecule has 0 spiro atoms. The lowest BCUT2D eigenvalue weighted by Gasteiger charge is -2.09. The largest absolute Gasteiger partial charge is 0.425 e. The van der Waals surface area contributed by atoms with E-state index in [1.807, 2.05) is 18.2 Å². The number of aromatic amines is 1. The van der Waals surface area contributed by atoms with Crippen molar-refractivity contribution in [2.45, 2.75) is 6.54 Å². The van der Waals surface area contributed by atoms with Gasteiger partial charge in [-0.15, -0.1) is 0 Å². The van der Waals surface area contributed by atoms with Gasteiger partial charge in [-0.1, -0.05) is 29.8 Å². The predicted octanol–water partition coefficient (Wildman–Crippen LogP) is 2.31. The minimum absolute atomic E-state index is 0.180. The number of aryl methyl sites for hydroxylation is 1. The molecule has 0 amide bonds. The molecular formula is C18H14ClN5O3. The van der Waals surface area contributed by atoms with Crippen LogP contribution in [0.25, 0.3) is 11.2 Å². The van der Waals surface area contributed by atoms with E-state index >= 15 is 0 Å². The van der Waals surface area contributed by atoms with Crippen LogP contribution in [0.3, 0.4) is 0 Å². The second-order valence-corrected chi connectivity index (χ2v) is 6.29. The molecule has 4 aromatic rings. The molecule has 0 aliphatic rings. The van der Waals surface area contributed by atoms with Gasteiger partial charge >= 0.3 is 11.7 Å². The molecule has 0 radical (unpaired) electrons. The number of imidazole rings is 1. The molecule has 4 rings (SSSR count). The van der Waals surface area contributed by atoms with Crippen molar-refractivity contribution >= 4 is 22.8 Å². The van der Waals surface area contributed by atoms with E-state index in [0.29, 0.717) is 16.5 Å². The molecule has 136 valence electrons. The number of nitrogens with zero attached hydrogens (tertiary/aromatic N) is 4. The summed E-state index contributed by atoms with van der Waals surface area (Å²) in [5.41, 5.74) is 0.0128. The van der Waals surface area contributed by atoms with Crippen LogP contribution in [0, 0.1) is 0 Å². The summed E-state index contributed by atoms with van der Waals surface area (Å²) >= 11 is 5.89. The third kappa shape index (κ3) is 3.22.